The Balaban J connectivity index is 1.57. The summed E-state index contributed by atoms with van der Waals surface area (Å²) < 4.78 is 2.04. The molecular weight excluding hydrogens is 396 g/mol. The van der Waals surface area contributed by atoms with Crippen molar-refractivity contribution in [1.29, 1.82) is 0 Å². The van der Waals surface area contributed by atoms with Gasteiger partial charge in [0.25, 0.3) is 11.8 Å². The van der Waals surface area contributed by atoms with E-state index in [4.69, 9.17) is 0 Å². The van der Waals surface area contributed by atoms with Gasteiger partial charge in [0, 0.05) is 23.7 Å². The minimum Gasteiger partial charge on any atom is -0.336 e. The van der Waals surface area contributed by atoms with Gasteiger partial charge in [0.2, 0.25) is 0 Å². The van der Waals surface area contributed by atoms with Crippen molar-refractivity contribution in [2.24, 2.45) is 0 Å². The molecule has 1 N–H and O–H groups in total. The predicted octanol–water partition coefficient (Wildman–Crippen LogP) is 4.54. The topological polar surface area (TPSA) is 66.7 Å². The van der Waals surface area contributed by atoms with E-state index in [1.807, 2.05) is 30.5 Å². The minimum atomic E-state index is -0.249. The number of anilines is 1. The van der Waals surface area contributed by atoms with E-state index in [0.29, 0.717) is 23.4 Å². The number of aromatic nitrogens is 2. The molecule has 0 saturated heterocycles. The van der Waals surface area contributed by atoms with Crippen LogP contribution >= 0.6 is 11.3 Å². The summed E-state index contributed by atoms with van der Waals surface area (Å²) in [6.45, 7) is 4.42. The second-order valence-electron chi connectivity index (χ2n) is 7.17. The monoisotopic (exact) mass is 418 g/mol. The van der Waals surface area contributed by atoms with Crippen molar-refractivity contribution in [1.82, 2.24) is 14.3 Å². The van der Waals surface area contributed by atoms with E-state index in [9.17, 15) is 9.59 Å². The van der Waals surface area contributed by atoms with E-state index in [1.165, 1.54) is 4.88 Å². The van der Waals surface area contributed by atoms with Gasteiger partial charge in [-0.15, -0.1) is 11.3 Å². The maximum atomic E-state index is 13.2. The largest absolute Gasteiger partial charge is 0.336 e. The van der Waals surface area contributed by atoms with Gasteiger partial charge in [0.15, 0.2) is 4.96 Å². The summed E-state index contributed by atoms with van der Waals surface area (Å²) in [5, 5.41) is 2.86. The molecule has 4 aromatic rings. The van der Waals surface area contributed by atoms with Crippen molar-refractivity contribution in [3.8, 4) is 0 Å². The lowest BCUT2D eigenvalue weighted by Gasteiger charge is -2.19. The number of thiazole rings is 1. The number of fused-ring (bicyclic) bond motifs is 1. The van der Waals surface area contributed by atoms with Gasteiger partial charge in [0.1, 0.15) is 0 Å². The van der Waals surface area contributed by atoms with Gasteiger partial charge in [-0.25, -0.2) is 4.98 Å². The number of hydrogen-bond donors (Lipinski definition) is 1. The van der Waals surface area contributed by atoms with Gasteiger partial charge >= 0.3 is 0 Å². The summed E-state index contributed by atoms with van der Waals surface area (Å²) >= 11 is 1.63. The van der Waals surface area contributed by atoms with Gasteiger partial charge in [-0.1, -0.05) is 30.3 Å². The molecule has 0 unspecified atom stereocenters. The van der Waals surface area contributed by atoms with E-state index >= 15 is 0 Å². The number of carbonyl (C=O) groups is 2. The summed E-state index contributed by atoms with van der Waals surface area (Å²) in [4.78, 5) is 34.1. The molecule has 2 aromatic carbocycles. The molecule has 152 valence electrons. The predicted molar refractivity (Wildman–Crippen MR) is 119 cm³/mol. The van der Waals surface area contributed by atoms with Gasteiger partial charge in [-0.05, 0) is 38.1 Å². The van der Waals surface area contributed by atoms with Crippen molar-refractivity contribution in [2.75, 3.05) is 12.4 Å². The Morgan fingerprint density at radius 3 is 2.53 bits per heavy atom. The van der Waals surface area contributed by atoms with E-state index in [1.54, 1.807) is 71.8 Å². The minimum absolute atomic E-state index is 0.166. The smallest absolute Gasteiger partial charge is 0.256 e. The lowest BCUT2D eigenvalue weighted by Crippen LogP contribution is -2.28. The maximum absolute atomic E-state index is 13.2. The van der Waals surface area contributed by atoms with Crippen LogP contribution < -0.4 is 5.32 Å². The van der Waals surface area contributed by atoms with Crippen LogP contribution in [0.3, 0.4) is 0 Å². The second-order valence-corrected chi connectivity index (χ2v) is 8.38. The molecule has 6 nitrogen and oxygen atoms in total. The molecule has 0 fully saturated rings. The highest BCUT2D eigenvalue weighted by atomic mass is 32.1. The number of benzene rings is 2. The zero-order chi connectivity index (χ0) is 21.3. The first kappa shape index (κ1) is 19.8. The Morgan fingerprint density at radius 2 is 1.77 bits per heavy atom. The molecule has 4 rings (SSSR count). The number of nitrogens with zero attached hydrogens (tertiary/aromatic N) is 3. The molecule has 0 aliphatic carbocycles. The molecule has 0 atom stereocenters. The molecule has 0 radical (unpaired) electrons. The first-order chi connectivity index (χ1) is 14.4. The molecule has 0 saturated carbocycles. The SMILES string of the molecule is Cc1cn2c(CN(C)C(=O)c3ccccc3NC(=O)c3ccccc3)c(C)nc2s1. The zero-order valence-electron chi connectivity index (χ0n) is 17.0. The third-order valence-corrected chi connectivity index (χ3v) is 5.81. The first-order valence-corrected chi connectivity index (χ1v) is 10.4. The van der Waals surface area contributed by atoms with Gasteiger partial charge in [-0.3, -0.25) is 14.0 Å². The van der Waals surface area contributed by atoms with Crippen LogP contribution in [-0.4, -0.2) is 33.1 Å². The Bertz CT molecular complexity index is 1230. The van der Waals surface area contributed by atoms with Crippen LogP contribution in [0.15, 0.2) is 60.8 Å². The maximum Gasteiger partial charge on any atom is 0.256 e. The number of rotatable bonds is 5. The fourth-order valence-corrected chi connectivity index (χ4v) is 4.25. The molecule has 0 aliphatic rings. The standard InChI is InChI=1S/C23H22N4O2S/c1-15-13-27-20(16(2)24-23(27)30-15)14-26(3)22(29)18-11-7-8-12-19(18)25-21(28)17-9-5-4-6-10-17/h4-13H,14H2,1-3H3,(H,25,28). The number of carbonyl (C=O) groups excluding carboxylic acids is 2. The lowest BCUT2D eigenvalue weighted by atomic mass is 10.1. The van der Waals surface area contributed by atoms with Crippen molar-refractivity contribution >= 4 is 33.8 Å². The van der Waals surface area contributed by atoms with Crippen LogP contribution in [0.5, 0.6) is 0 Å². The number of nitrogens with one attached hydrogen (secondary N) is 1. The number of imidazole rings is 1. The molecule has 7 heteroatoms. The zero-order valence-corrected chi connectivity index (χ0v) is 17.9. The fraction of sp³-hybridized carbons (Fsp3) is 0.174. The Labute approximate surface area is 178 Å². The van der Waals surface area contributed by atoms with E-state index < -0.39 is 0 Å². The van der Waals surface area contributed by atoms with Gasteiger partial charge in [-0.2, -0.15) is 0 Å². The number of para-hydroxylation sites is 1. The van der Waals surface area contributed by atoms with E-state index in [2.05, 4.69) is 10.3 Å². The molecular formula is C23H22N4O2S. The number of hydrogen-bond acceptors (Lipinski definition) is 4. The van der Waals surface area contributed by atoms with Crippen molar-refractivity contribution in [3.05, 3.63) is 88.2 Å². The summed E-state index contributed by atoms with van der Waals surface area (Å²) in [5.41, 5.74) is 3.37. The summed E-state index contributed by atoms with van der Waals surface area (Å²) in [6.07, 6.45) is 2.04. The molecule has 0 spiro atoms. The Morgan fingerprint density at radius 1 is 1.07 bits per heavy atom. The quantitative estimate of drug-likeness (QED) is 0.518. The van der Waals surface area contributed by atoms with E-state index in [0.717, 1.165) is 16.3 Å². The number of amides is 2. The van der Waals surface area contributed by atoms with Gasteiger partial charge < -0.3 is 10.2 Å². The average Bonchev–Trinajstić information content (AvgIpc) is 3.24. The third-order valence-electron chi connectivity index (χ3n) is 4.92. The fourth-order valence-electron chi connectivity index (χ4n) is 3.36. The van der Waals surface area contributed by atoms with Gasteiger partial charge in [0.05, 0.1) is 29.2 Å². The Kier molecular flexibility index (Phi) is 5.37. The Hall–Kier alpha value is -3.45. The van der Waals surface area contributed by atoms with Crippen molar-refractivity contribution < 1.29 is 9.59 Å². The van der Waals surface area contributed by atoms with Crippen molar-refractivity contribution in [3.63, 3.8) is 0 Å². The summed E-state index contributed by atoms with van der Waals surface area (Å²) in [5.74, 6) is -0.416. The first-order valence-electron chi connectivity index (χ1n) is 9.59. The normalized spacial score (nSPS) is 10.9. The van der Waals surface area contributed by atoms with Crippen LogP contribution in [-0.2, 0) is 6.54 Å². The molecule has 0 aliphatic heterocycles. The van der Waals surface area contributed by atoms with Crippen LogP contribution in [0.25, 0.3) is 4.96 Å². The van der Waals surface area contributed by atoms with Crippen LogP contribution in [0.2, 0.25) is 0 Å². The van der Waals surface area contributed by atoms with Crippen LogP contribution in [0, 0.1) is 13.8 Å². The lowest BCUT2D eigenvalue weighted by molar-refractivity contribution is 0.0784. The number of aryl methyl sites for hydroxylation is 2. The average molecular weight is 419 g/mol. The molecule has 2 amide bonds. The third kappa shape index (κ3) is 3.84. The highest BCUT2D eigenvalue weighted by Gasteiger charge is 2.20. The summed E-state index contributed by atoms with van der Waals surface area (Å²) in [7, 11) is 1.76. The molecule has 2 heterocycles. The molecule has 2 aromatic heterocycles. The highest BCUT2D eigenvalue weighted by Crippen LogP contribution is 2.23. The van der Waals surface area contributed by atoms with Crippen LogP contribution in [0.1, 0.15) is 37.0 Å². The molecule has 30 heavy (non-hydrogen) atoms. The van der Waals surface area contributed by atoms with E-state index in [-0.39, 0.29) is 11.8 Å². The second kappa shape index (κ2) is 8.12. The van der Waals surface area contributed by atoms with Crippen molar-refractivity contribution in [2.45, 2.75) is 20.4 Å². The summed E-state index contributed by atoms with van der Waals surface area (Å²) in [6, 6.07) is 16.0. The highest BCUT2D eigenvalue weighted by molar-refractivity contribution is 7.17. The molecule has 0 bridgehead atoms. The van der Waals surface area contributed by atoms with Crippen LogP contribution in [0.4, 0.5) is 5.69 Å².